The van der Waals surface area contributed by atoms with Gasteiger partial charge < -0.3 is 0 Å². The molecule has 0 spiro atoms. The van der Waals surface area contributed by atoms with E-state index in [2.05, 4.69) is 41.5 Å². The molecule has 0 amide bonds. The fraction of sp³-hybridized carbons (Fsp3) is 1.00. The van der Waals surface area contributed by atoms with Gasteiger partial charge in [0.2, 0.25) is 0 Å². The second-order valence-electron chi connectivity index (χ2n) is 11.0. The predicted molar refractivity (Wildman–Crippen MR) is 141 cm³/mol. The molecule has 0 radical (unpaired) electrons. The standard InChI is InChI=1S/3C8H17.C4H9O.Sn/c3*1-3-5-7-8-6-4-2;1-4(2,3)5;/h3*1,3-8H2,2H3;1-3H3;/q;;;-1;+1. The first-order valence-corrected chi connectivity index (χ1v) is 21.3. The molecule has 0 aliphatic heterocycles. The van der Waals surface area contributed by atoms with E-state index in [-0.39, 0.29) is 5.60 Å². The van der Waals surface area contributed by atoms with E-state index in [9.17, 15) is 0 Å². The summed E-state index contributed by atoms with van der Waals surface area (Å²) in [6.45, 7) is 13.9. The van der Waals surface area contributed by atoms with Gasteiger partial charge in [-0.05, 0) is 0 Å². The van der Waals surface area contributed by atoms with Gasteiger partial charge in [0.1, 0.15) is 0 Å². The van der Waals surface area contributed by atoms with Gasteiger partial charge in [0.15, 0.2) is 0 Å². The van der Waals surface area contributed by atoms with Crippen LogP contribution in [0, 0.1) is 0 Å². The van der Waals surface area contributed by atoms with Crippen LogP contribution in [0.5, 0.6) is 0 Å². The average molecular weight is 531 g/mol. The van der Waals surface area contributed by atoms with Crippen LogP contribution in [0.4, 0.5) is 0 Å². The van der Waals surface area contributed by atoms with Gasteiger partial charge in [-0.2, -0.15) is 0 Å². The van der Waals surface area contributed by atoms with E-state index in [1.807, 2.05) is 0 Å². The molecular formula is C28H60OSn. The van der Waals surface area contributed by atoms with Gasteiger partial charge in [-0.25, -0.2) is 0 Å². The normalized spacial score (nSPS) is 12.6. The van der Waals surface area contributed by atoms with Crippen LogP contribution in [0.25, 0.3) is 0 Å². The van der Waals surface area contributed by atoms with E-state index in [1.165, 1.54) is 129 Å². The minimum atomic E-state index is -2.54. The number of rotatable bonds is 22. The Labute approximate surface area is 197 Å². The maximum absolute atomic E-state index is 7.12. The van der Waals surface area contributed by atoms with Crippen molar-refractivity contribution in [1.29, 1.82) is 0 Å². The van der Waals surface area contributed by atoms with Crippen LogP contribution in [-0.2, 0) is 3.07 Å². The monoisotopic (exact) mass is 532 g/mol. The van der Waals surface area contributed by atoms with E-state index >= 15 is 0 Å². The van der Waals surface area contributed by atoms with Gasteiger partial charge in [-0.3, -0.25) is 0 Å². The minimum absolute atomic E-state index is 0.0582. The van der Waals surface area contributed by atoms with E-state index in [4.69, 9.17) is 3.07 Å². The molecule has 0 fully saturated rings. The Morgan fingerprint density at radius 1 is 0.433 bits per heavy atom. The van der Waals surface area contributed by atoms with Crippen molar-refractivity contribution < 1.29 is 3.07 Å². The zero-order valence-electron chi connectivity index (χ0n) is 22.3. The van der Waals surface area contributed by atoms with Gasteiger partial charge in [0.25, 0.3) is 0 Å². The van der Waals surface area contributed by atoms with Crippen molar-refractivity contribution in [3.8, 4) is 0 Å². The third-order valence-electron chi connectivity index (χ3n) is 6.48. The number of hydrogen-bond donors (Lipinski definition) is 0. The number of unbranched alkanes of at least 4 members (excludes halogenated alkanes) is 15. The van der Waals surface area contributed by atoms with Crippen molar-refractivity contribution >= 4 is 18.8 Å². The Hall–Kier alpha value is 0.759. The third-order valence-corrected chi connectivity index (χ3v) is 20.3. The summed E-state index contributed by atoms with van der Waals surface area (Å²) in [5, 5.41) is 0. The molecule has 30 heavy (non-hydrogen) atoms. The molecule has 2 heteroatoms. The van der Waals surface area contributed by atoms with Crippen LogP contribution in [0.3, 0.4) is 0 Å². The van der Waals surface area contributed by atoms with E-state index in [0.29, 0.717) is 0 Å². The molecule has 0 aromatic carbocycles. The molecule has 0 saturated heterocycles. The first-order valence-electron chi connectivity index (χ1n) is 14.1. The summed E-state index contributed by atoms with van der Waals surface area (Å²) in [5.74, 6) is 0. The van der Waals surface area contributed by atoms with Crippen molar-refractivity contribution in [3.63, 3.8) is 0 Å². The molecule has 0 heterocycles. The van der Waals surface area contributed by atoms with E-state index in [0.717, 1.165) is 0 Å². The van der Waals surface area contributed by atoms with Gasteiger partial charge in [-0.15, -0.1) is 0 Å². The molecule has 0 saturated carbocycles. The zero-order chi connectivity index (χ0) is 22.6. The average Bonchev–Trinajstić information content (AvgIpc) is 2.69. The van der Waals surface area contributed by atoms with E-state index < -0.39 is 18.8 Å². The quantitative estimate of drug-likeness (QED) is 0.0997. The second-order valence-corrected chi connectivity index (χ2v) is 22.6. The summed E-state index contributed by atoms with van der Waals surface area (Å²) in [7, 11) is 0. The van der Waals surface area contributed by atoms with Gasteiger partial charge >= 0.3 is 198 Å². The zero-order valence-corrected chi connectivity index (χ0v) is 25.1. The predicted octanol–water partition coefficient (Wildman–Crippen LogP) is 10.8. The molecule has 0 rings (SSSR count). The van der Waals surface area contributed by atoms with Gasteiger partial charge in [0.05, 0.1) is 0 Å². The van der Waals surface area contributed by atoms with Crippen LogP contribution < -0.4 is 0 Å². The molecule has 0 atom stereocenters. The van der Waals surface area contributed by atoms with Crippen molar-refractivity contribution in [3.05, 3.63) is 0 Å². The molecule has 1 nitrogen and oxygen atoms in total. The fourth-order valence-corrected chi connectivity index (χ4v) is 19.2. The van der Waals surface area contributed by atoms with Crippen LogP contribution in [0.2, 0.25) is 13.3 Å². The molecule has 0 aliphatic rings. The Kier molecular flexibility index (Phi) is 20.9. The first-order chi connectivity index (χ1) is 14.4. The Balaban J connectivity index is 4.75. The molecule has 0 aromatic rings. The Morgan fingerprint density at radius 2 is 0.700 bits per heavy atom. The Morgan fingerprint density at radius 3 is 0.967 bits per heavy atom. The van der Waals surface area contributed by atoms with Gasteiger partial charge in [0, 0.05) is 0 Å². The molecule has 0 N–H and O–H groups in total. The summed E-state index contributed by atoms with van der Waals surface area (Å²) >= 11 is -2.54. The molecular weight excluding hydrogens is 471 g/mol. The molecule has 0 bridgehead atoms. The van der Waals surface area contributed by atoms with Crippen LogP contribution in [0.15, 0.2) is 0 Å². The summed E-state index contributed by atoms with van der Waals surface area (Å²) in [6, 6.07) is 0. The third kappa shape index (κ3) is 19.4. The van der Waals surface area contributed by atoms with Gasteiger partial charge in [-0.1, -0.05) is 0 Å². The SMILES string of the molecule is CCCCCCC[CH2][Sn]([CH2]CCCCCCC)([CH2]CCCCCCC)[O]C(C)(C)C. The second kappa shape index (κ2) is 20.4. The fourth-order valence-electron chi connectivity index (χ4n) is 4.86. The first kappa shape index (κ1) is 30.8. The summed E-state index contributed by atoms with van der Waals surface area (Å²) in [5.41, 5.74) is 0.0582. The van der Waals surface area contributed by atoms with Crippen molar-refractivity contribution in [2.75, 3.05) is 0 Å². The summed E-state index contributed by atoms with van der Waals surface area (Å²) in [6.07, 6.45) is 25.6. The maximum atomic E-state index is 7.12. The topological polar surface area (TPSA) is 9.23 Å². The molecule has 0 unspecified atom stereocenters. The van der Waals surface area contributed by atoms with Crippen molar-refractivity contribution in [1.82, 2.24) is 0 Å². The van der Waals surface area contributed by atoms with Crippen molar-refractivity contribution in [2.45, 2.75) is 176 Å². The van der Waals surface area contributed by atoms with E-state index in [1.54, 1.807) is 0 Å². The number of hydrogen-bond acceptors (Lipinski definition) is 1. The van der Waals surface area contributed by atoms with Crippen LogP contribution in [0.1, 0.15) is 157 Å². The van der Waals surface area contributed by atoms with Crippen LogP contribution >= 0.6 is 0 Å². The molecule has 182 valence electrons. The Bertz CT molecular complexity index is 306. The molecule has 0 aromatic heterocycles. The summed E-state index contributed by atoms with van der Waals surface area (Å²) < 4.78 is 11.6. The van der Waals surface area contributed by atoms with Crippen molar-refractivity contribution in [2.24, 2.45) is 0 Å². The summed E-state index contributed by atoms with van der Waals surface area (Å²) in [4.78, 5) is 0. The molecule has 0 aliphatic carbocycles. The van der Waals surface area contributed by atoms with Crippen LogP contribution in [-0.4, -0.2) is 24.4 Å².